The molecule has 2 amide bonds. The van der Waals surface area contributed by atoms with Crippen LogP contribution in [0.2, 0.25) is 0 Å². The molecule has 0 fully saturated rings. The number of aryl methyl sites for hydroxylation is 1. The molecule has 2 aromatic rings. The van der Waals surface area contributed by atoms with Crippen LogP contribution < -0.4 is 10.0 Å². The van der Waals surface area contributed by atoms with Gasteiger partial charge < -0.3 is 10.2 Å². The summed E-state index contributed by atoms with van der Waals surface area (Å²) >= 11 is 1.17. The molecule has 0 spiro atoms. The van der Waals surface area contributed by atoms with E-state index in [2.05, 4.69) is 15.0 Å². The third-order valence-electron chi connectivity index (χ3n) is 5.49. The topological polar surface area (TPSA) is 108 Å². The van der Waals surface area contributed by atoms with Crippen LogP contribution in [0.5, 0.6) is 0 Å². The molecular weight excluding hydrogens is 448 g/mol. The van der Waals surface area contributed by atoms with Gasteiger partial charge in [-0.1, -0.05) is 19.9 Å². The number of carbonyl (C=O) groups excluding carboxylic acids is 2. The van der Waals surface area contributed by atoms with Crippen LogP contribution in [0.15, 0.2) is 27.9 Å². The number of rotatable bonds is 8. The monoisotopic (exact) mass is 478 g/mol. The molecule has 2 aromatic heterocycles. The number of nitrogens with one attached hydrogen (secondary N) is 2. The highest BCUT2D eigenvalue weighted by atomic mass is 32.2. The van der Waals surface area contributed by atoms with Gasteiger partial charge in [-0.15, -0.1) is 11.3 Å². The number of thiophene rings is 1. The van der Waals surface area contributed by atoms with E-state index in [1.807, 2.05) is 20.8 Å². The van der Waals surface area contributed by atoms with Gasteiger partial charge in [0.25, 0.3) is 0 Å². The average Bonchev–Trinajstić information content (AvgIpc) is 3.27. The van der Waals surface area contributed by atoms with Crippen LogP contribution in [-0.2, 0) is 39.1 Å². The summed E-state index contributed by atoms with van der Waals surface area (Å²) in [6.45, 7) is 8.37. The minimum atomic E-state index is -3.58. The summed E-state index contributed by atoms with van der Waals surface area (Å²) in [6, 6.07) is 2.73. The molecule has 0 saturated carbocycles. The predicted octanol–water partition coefficient (Wildman–Crippen LogP) is 2.37. The molecule has 0 aliphatic carbocycles. The Kier molecular flexibility index (Phi) is 7.68. The van der Waals surface area contributed by atoms with Crippen LogP contribution in [0.25, 0.3) is 0 Å². The molecule has 0 aromatic carbocycles. The SMILES string of the molecule is CC(=O)N[C@@H](CC(C)C)C(=O)N1CCc2c(cnc(C)c2CNS(=O)(=O)c2cccs2)C1. The van der Waals surface area contributed by atoms with Crippen LogP contribution in [0, 0.1) is 12.8 Å². The molecule has 8 nitrogen and oxygen atoms in total. The lowest BCUT2D eigenvalue weighted by Gasteiger charge is -2.33. The molecular formula is C22H30N4O4S2. The van der Waals surface area contributed by atoms with Crippen molar-refractivity contribution in [3.05, 3.63) is 46.1 Å². The highest BCUT2D eigenvalue weighted by Gasteiger charge is 2.30. The van der Waals surface area contributed by atoms with Crippen molar-refractivity contribution in [1.82, 2.24) is 19.9 Å². The molecule has 3 rings (SSSR count). The second kappa shape index (κ2) is 10.1. The van der Waals surface area contributed by atoms with E-state index in [0.717, 1.165) is 22.4 Å². The van der Waals surface area contributed by atoms with Gasteiger partial charge in [-0.2, -0.15) is 0 Å². The fourth-order valence-electron chi connectivity index (χ4n) is 3.96. The van der Waals surface area contributed by atoms with E-state index >= 15 is 0 Å². The molecule has 1 aliphatic heterocycles. The van der Waals surface area contributed by atoms with E-state index in [1.165, 1.54) is 18.3 Å². The summed E-state index contributed by atoms with van der Waals surface area (Å²) in [5, 5.41) is 4.51. The first-order valence-electron chi connectivity index (χ1n) is 10.6. The molecule has 3 heterocycles. The quantitative estimate of drug-likeness (QED) is 0.606. The van der Waals surface area contributed by atoms with E-state index in [1.54, 1.807) is 28.6 Å². The van der Waals surface area contributed by atoms with Crippen LogP contribution in [0.3, 0.4) is 0 Å². The van der Waals surface area contributed by atoms with E-state index in [9.17, 15) is 18.0 Å². The number of amides is 2. The number of hydrogen-bond donors (Lipinski definition) is 2. The zero-order valence-corrected chi connectivity index (χ0v) is 20.5. The zero-order chi connectivity index (χ0) is 23.5. The van der Waals surface area contributed by atoms with Gasteiger partial charge >= 0.3 is 0 Å². The lowest BCUT2D eigenvalue weighted by atomic mass is 9.94. The third-order valence-corrected chi connectivity index (χ3v) is 8.29. The van der Waals surface area contributed by atoms with Crippen molar-refractivity contribution in [2.45, 2.75) is 63.9 Å². The first kappa shape index (κ1) is 24.3. The van der Waals surface area contributed by atoms with Crippen molar-refractivity contribution in [3.63, 3.8) is 0 Å². The third kappa shape index (κ3) is 5.73. The van der Waals surface area contributed by atoms with E-state index in [0.29, 0.717) is 25.9 Å². The highest BCUT2D eigenvalue weighted by Crippen LogP contribution is 2.26. The smallest absolute Gasteiger partial charge is 0.250 e. The summed E-state index contributed by atoms with van der Waals surface area (Å²) in [7, 11) is -3.58. The number of fused-ring (bicyclic) bond motifs is 1. The number of carbonyl (C=O) groups is 2. The number of aromatic nitrogens is 1. The Hall–Kier alpha value is -2.30. The first-order chi connectivity index (χ1) is 15.1. The Balaban J connectivity index is 1.77. The molecule has 0 bridgehead atoms. The van der Waals surface area contributed by atoms with Crippen molar-refractivity contribution < 1.29 is 18.0 Å². The maximum atomic E-state index is 13.1. The minimum Gasteiger partial charge on any atom is -0.345 e. The molecule has 0 radical (unpaired) electrons. The first-order valence-corrected chi connectivity index (χ1v) is 13.0. The Bertz CT molecular complexity index is 1080. The molecule has 0 saturated heterocycles. The van der Waals surface area contributed by atoms with Crippen molar-refractivity contribution in [2.24, 2.45) is 5.92 Å². The second-order valence-corrected chi connectivity index (χ2v) is 11.4. The van der Waals surface area contributed by atoms with Gasteiger partial charge in [-0.05, 0) is 53.8 Å². The Morgan fingerprint density at radius 2 is 2.06 bits per heavy atom. The lowest BCUT2D eigenvalue weighted by molar-refractivity contribution is -0.137. The number of hydrogen-bond acceptors (Lipinski definition) is 6. The van der Waals surface area contributed by atoms with Crippen LogP contribution in [-0.4, -0.2) is 42.7 Å². The van der Waals surface area contributed by atoms with Gasteiger partial charge in [0.15, 0.2) is 0 Å². The van der Waals surface area contributed by atoms with Gasteiger partial charge in [0, 0.05) is 38.4 Å². The summed E-state index contributed by atoms with van der Waals surface area (Å²) in [5.41, 5.74) is 3.57. The maximum Gasteiger partial charge on any atom is 0.250 e. The van der Waals surface area contributed by atoms with Crippen molar-refractivity contribution >= 4 is 33.2 Å². The van der Waals surface area contributed by atoms with Crippen LogP contribution in [0.4, 0.5) is 0 Å². The molecule has 174 valence electrons. The molecule has 2 N–H and O–H groups in total. The van der Waals surface area contributed by atoms with E-state index in [4.69, 9.17) is 0 Å². The Morgan fingerprint density at radius 3 is 2.69 bits per heavy atom. The normalized spacial score (nSPS) is 14.8. The molecule has 1 aliphatic rings. The van der Waals surface area contributed by atoms with Crippen LogP contribution in [0.1, 0.15) is 49.6 Å². The average molecular weight is 479 g/mol. The lowest BCUT2D eigenvalue weighted by Crippen LogP contribution is -2.50. The van der Waals surface area contributed by atoms with Crippen molar-refractivity contribution in [1.29, 1.82) is 0 Å². The maximum absolute atomic E-state index is 13.1. The molecule has 32 heavy (non-hydrogen) atoms. The summed E-state index contributed by atoms with van der Waals surface area (Å²) < 4.78 is 28.0. The number of sulfonamides is 1. The number of pyridine rings is 1. The fourth-order valence-corrected chi connectivity index (χ4v) is 5.99. The van der Waals surface area contributed by atoms with Crippen LogP contribution >= 0.6 is 11.3 Å². The van der Waals surface area contributed by atoms with E-state index in [-0.39, 0.29) is 28.5 Å². The van der Waals surface area contributed by atoms with Gasteiger partial charge in [-0.25, -0.2) is 13.1 Å². The minimum absolute atomic E-state index is 0.0972. The van der Waals surface area contributed by atoms with E-state index < -0.39 is 16.1 Å². The number of nitrogens with zero attached hydrogens (tertiary/aromatic N) is 2. The molecule has 0 unspecified atom stereocenters. The highest BCUT2D eigenvalue weighted by molar-refractivity contribution is 7.91. The molecule has 10 heteroatoms. The van der Waals surface area contributed by atoms with Gasteiger partial charge in [-0.3, -0.25) is 14.6 Å². The summed E-state index contributed by atoms with van der Waals surface area (Å²) in [4.78, 5) is 30.9. The van der Waals surface area contributed by atoms with Crippen molar-refractivity contribution in [2.75, 3.05) is 6.54 Å². The molecule has 1 atom stereocenters. The predicted molar refractivity (Wildman–Crippen MR) is 123 cm³/mol. The Morgan fingerprint density at radius 1 is 1.31 bits per heavy atom. The zero-order valence-electron chi connectivity index (χ0n) is 18.8. The van der Waals surface area contributed by atoms with Crippen molar-refractivity contribution in [3.8, 4) is 0 Å². The summed E-state index contributed by atoms with van der Waals surface area (Å²) in [6.07, 6.45) is 2.94. The van der Waals surface area contributed by atoms with Gasteiger partial charge in [0.1, 0.15) is 10.3 Å². The fraction of sp³-hybridized carbons (Fsp3) is 0.500. The largest absolute Gasteiger partial charge is 0.345 e. The summed E-state index contributed by atoms with van der Waals surface area (Å²) in [5.74, 6) is -0.0563. The Labute approximate surface area is 193 Å². The standard InChI is InChI=1S/C22H30N4O4S2/c1-14(2)10-20(25-16(4)27)22(28)26-8-7-18-17(13-26)11-23-15(3)19(18)12-24-32(29,30)21-6-5-9-31-21/h5-6,9,11,14,20,24H,7-8,10,12-13H2,1-4H3,(H,25,27)/t20-/m0/s1. The second-order valence-electron chi connectivity index (χ2n) is 8.48. The van der Waals surface area contributed by atoms with Gasteiger partial charge in [0.2, 0.25) is 21.8 Å². The van der Waals surface area contributed by atoms with Gasteiger partial charge in [0.05, 0.1) is 0 Å².